The molecule has 0 bridgehead atoms. The van der Waals surface area contributed by atoms with E-state index in [2.05, 4.69) is 17.2 Å². The molecule has 0 aliphatic rings. The highest BCUT2D eigenvalue weighted by Gasteiger charge is 2.07. The van der Waals surface area contributed by atoms with E-state index in [1.54, 1.807) is 0 Å². The molecule has 0 aromatic carbocycles. The summed E-state index contributed by atoms with van der Waals surface area (Å²) in [6.45, 7) is 9.31. The number of carboxylic acids is 1. The minimum absolute atomic E-state index is 0.124. The van der Waals surface area contributed by atoms with Crippen molar-refractivity contribution < 1.29 is 19.4 Å². The molecule has 0 aliphatic carbocycles. The first-order chi connectivity index (χ1) is 8.91. The van der Waals surface area contributed by atoms with Crippen LogP contribution in [0, 0.1) is 5.92 Å². The number of urea groups is 1. The second-order valence-electron chi connectivity index (χ2n) is 4.68. The van der Waals surface area contributed by atoms with Crippen LogP contribution in [0.1, 0.15) is 26.7 Å². The van der Waals surface area contributed by atoms with E-state index in [4.69, 9.17) is 9.84 Å². The lowest BCUT2D eigenvalue weighted by molar-refractivity contribution is -0.137. The Morgan fingerprint density at radius 2 is 2.05 bits per heavy atom. The number of aliphatic carboxylic acids is 1. The lowest BCUT2D eigenvalue weighted by Crippen LogP contribution is -2.39. The number of hydrogen-bond acceptors (Lipinski definition) is 3. The molecule has 0 aromatic heterocycles. The second-order valence-corrected chi connectivity index (χ2v) is 4.68. The first kappa shape index (κ1) is 17.4. The molecule has 6 nitrogen and oxygen atoms in total. The topological polar surface area (TPSA) is 87.7 Å². The normalized spacial score (nSPS) is 11.7. The molecule has 1 unspecified atom stereocenters. The summed E-state index contributed by atoms with van der Waals surface area (Å²) in [6.07, 6.45) is 0.677. The van der Waals surface area contributed by atoms with Crippen molar-refractivity contribution in [2.45, 2.75) is 26.7 Å². The number of amides is 2. The number of nitrogens with one attached hydrogen (secondary N) is 2. The van der Waals surface area contributed by atoms with Crippen LogP contribution in [0.15, 0.2) is 12.2 Å². The summed E-state index contributed by atoms with van der Waals surface area (Å²) in [5.74, 6) is -0.674. The Morgan fingerprint density at radius 1 is 1.37 bits per heavy atom. The van der Waals surface area contributed by atoms with Gasteiger partial charge in [0.05, 0.1) is 13.2 Å². The molecule has 0 saturated carbocycles. The van der Waals surface area contributed by atoms with Crippen LogP contribution in [0.5, 0.6) is 0 Å². The lowest BCUT2D eigenvalue weighted by Gasteiger charge is -2.12. The van der Waals surface area contributed by atoms with E-state index in [9.17, 15) is 9.59 Å². The highest BCUT2D eigenvalue weighted by atomic mass is 16.5. The van der Waals surface area contributed by atoms with Crippen LogP contribution in [0.25, 0.3) is 0 Å². The zero-order chi connectivity index (χ0) is 14.7. The second kappa shape index (κ2) is 10.4. The number of carboxylic acid groups (broad SMARTS) is 1. The predicted molar refractivity (Wildman–Crippen MR) is 73.1 cm³/mol. The van der Waals surface area contributed by atoms with Gasteiger partial charge in [0.25, 0.3) is 0 Å². The van der Waals surface area contributed by atoms with Crippen LogP contribution in [0.4, 0.5) is 4.79 Å². The summed E-state index contributed by atoms with van der Waals surface area (Å²) in [4.78, 5) is 21.7. The third-order valence-corrected chi connectivity index (χ3v) is 2.34. The molecule has 0 saturated heterocycles. The molecule has 0 fully saturated rings. The summed E-state index contributed by atoms with van der Waals surface area (Å²) < 4.78 is 5.23. The maximum absolute atomic E-state index is 11.4. The SMILES string of the molecule is C=C(C)COCCNC(=O)NCC(C)CCC(=O)O. The summed E-state index contributed by atoms with van der Waals surface area (Å²) in [5, 5.41) is 13.9. The highest BCUT2D eigenvalue weighted by Crippen LogP contribution is 2.03. The van der Waals surface area contributed by atoms with Crippen LogP contribution in [-0.4, -0.2) is 43.4 Å². The van der Waals surface area contributed by atoms with Crippen LogP contribution in [0.2, 0.25) is 0 Å². The zero-order valence-electron chi connectivity index (χ0n) is 11.7. The van der Waals surface area contributed by atoms with Crippen molar-refractivity contribution in [3.63, 3.8) is 0 Å². The number of ether oxygens (including phenoxy) is 1. The quantitative estimate of drug-likeness (QED) is 0.414. The molecule has 0 spiro atoms. The average Bonchev–Trinajstić information content (AvgIpc) is 2.33. The minimum Gasteiger partial charge on any atom is -0.481 e. The van der Waals surface area contributed by atoms with Gasteiger partial charge in [-0.05, 0) is 19.3 Å². The number of rotatable bonds is 10. The van der Waals surface area contributed by atoms with Crippen molar-refractivity contribution in [2.75, 3.05) is 26.3 Å². The molecule has 19 heavy (non-hydrogen) atoms. The molecule has 6 heteroatoms. The van der Waals surface area contributed by atoms with E-state index >= 15 is 0 Å². The van der Waals surface area contributed by atoms with E-state index in [0.29, 0.717) is 32.7 Å². The van der Waals surface area contributed by atoms with Crippen molar-refractivity contribution in [3.8, 4) is 0 Å². The van der Waals surface area contributed by atoms with Gasteiger partial charge in [0.2, 0.25) is 0 Å². The van der Waals surface area contributed by atoms with E-state index in [1.807, 2.05) is 13.8 Å². The standard InChI is InChI=1S/C13H24N2O4/c1-10(2)9-19-7-6-14-13(18)15-8-11(3)4-5-12(16)17/h11H,1,4-9H2,2-3H3,(H,16,17)(H2,14,15,18). The molecule has 2 amide bonds. The van der Waals surface area contributed by atoms with Gasteiger partial charge in [0.15, 0.2) is 0 Å². The molecule has 110 valence electrons. The van der Waals surface area contributed by atoms with Crippen LogP contribution in [0.3, 0.4) is 0 Å². The van der Waals surface area contributed by atoms with Crippen LogP contribution < -0.4 is 10.6 Å². The average molecular weight is 272 g/mol. The molecular formula is C13H24N2O4. The summed E-state index contributed by atoms with van der Waals surface area (Å²) in [6, 6.07) is -0.263. The van der Waals surface area contributed by atoms with Gasteiger partial charge in [-0.1, -0.05) is 19.1 Å². The molecule has 0 aromatic rings. The Balaban J connectivity index is 3.48. The maximum atomic E-state index is 11.4. The van der Waals surface area contributed by atoms with Gasteiger partial charge in [-0.25, -0.2) is 4.79 Å². The Morgan fingerprint density at radius 3 is 2.63 bits per heavy atom. The Labute approximate surface area is 114 Å². The first-order valence-electron chi connectivity index (χ1n) is 6.37. The minimum atomic E-state index is -0.814. The zero-order valence-corrected chi connectivity index (χ0v) is 11.7. The maximum Gasteiger partial charge on any atom is 0.314 e. The summed E-state index contributed by atoms with van der Waals surface area (Å²) in [7, 11) is 0. The number of carbonyl (C=O) groups is 2. The number of carbonyl (C=O) groups excluding carboxylic acids is 1. The molecule has 1 atom stereocenters. The molecule has 0 rings (SSSR count). The van der Waals surface area contributed by atoms with E-state index in [0.717, 1.165) is 5.57 Å². The fraction of sp³-hybridized carbons (Fsp3) is 0.692. The Bertz CT molecular complexity index is 305. The van der Waals surface area contributed by atoms with Crippen LogP contribution in [-0.2, 0) is 9.53 Å². The molecular weight excluding hydrogens is 248 g/mol. The lowest BCUT2D eigenvalue weighted by atomic mass is 10.1. The van der Waals surface area contributed by atoms with Gasteiger partial charge in [-0.3, -0.25) is 4.79 Å². The fourth-order valence-corrected chi connectivity index (χ4v) is 1.28. The van der Waals surface area contributed by atoms with Gasteiger partial charge < -0.3 is 20.5 Å². The van der Waals surface area contributed by atoms with Crippen molar-refractivity contribution >= 4 is 12.0 Å². The first-order valence-corrected chi connectivity index (χ1v) is 6.37. The van der Waals surface area contributed by atoms with Crippen molar-refractivity contribution in [1.29, 1.82) is 0 Å². The third-order valence-electron chi connectivity index (χ3n) is 2.34. The van der Waals surface area contributed by atoms with E-state index in [1.165, 1.54) is 0 Å². The molecule has 3 N–H and O–H groups in total. The molecule has 0 radical (unpaired) electrons. The van der Waals surface area contributed by atoms with Gasteiger partial charge in [0, 0.05) is 19.5 Å². The smallest absolute Gasteiger partial charge is 0.314 e. The van der Waals surface area contributed by atoms with Gasteiger partial charge in [-0.15, -0.1) is 0 Å². The monoisotopic (exact) mass is 272 g/mol. The summed E-state index contributed by atoms with van der Waals surface area (Å²) in [5.41, 5.74) is 0.941. The highest BCUT2D eigenvalue weighted by molar-refractivity contribution is 5.73. The van der Waals surface area contributed by atoms with Gasteiger partial charge >= 0.3 is 12.0 Å². The largest absolute Gasteiger partial charge is 0.481 e. The van der Waals surface area contributed by atoms with Gasteiger partial charge in [-0.2, -0.15) is 0 Å². The van der Waals surface area contributed by atoms with Crippen molar-refractivity contribution in [2.24, 2.45) is 5.92 Å². The molecule has 0 aliphatic heterocycles. The molecule has 0 heterocycles. The van der Waals surface area contributed by atoms with Crippen LogP contribution >= 0.6 is 0 Å². The summed E-state index contributed by atoms with van der Waals surface area (Å²) >= 11 is 0. The van der Waals surface area contributed by atoms with E-state index in [-0.39, 0.29) is 18.4 Å². The van der Waals surface area contributed by atoms with Crippen molar-refractivity contribution in [1.82, 2.24) is 10.6 Å². The Hall–Kier alpha value is -1.56. The third kappa shape index (κ3) is 12.7. The number of hydrogen-bond donors (Lipinski definition) is 3. The predicted octanol–water partition coefficient (Wildman–Crippen LogP) is 1.38. The fourth-order valence-electron chi connectivity index (χ4n) is 1.28. The Kier molecular flexibility index (Phi) is 9.52. The van der Waals surface area contributed by atoms with E-state index < -0.39 is 5.97 Å². The van der Waals surface area contributed by atoms with Gasteiger partial charge in [0.1, 0.15) is 0 Å². The van der Waals surface area contributed by atoms with Crippen molar-refractivity contribution in [3.05, 3.63) is 12.2 Å².